The maximum Gasteiger partial charge on any atom is 0.242 e. The number of hydrogen-bond donors (Lipinski definition) is 3. The van der Waals surface area contributed by atoms with Gasteiger partial charge in [-0.1, -0.05) is 6.07 Å². The SMILES string of the molecule is CNCc1cc(S(=O)(=O)NCc2cccnc2)c[nH]1. The molecule has 0 spiro atoms. The largest absolute Gasteiger partial charge is 0.363 e. The lowest BCUT2D eigenvalue weighted by Crippen LogP contribution is -2.22. The molecule has 2 rings (SSSR count). The maximum atomic E-state index is 12.1. The van der Waals surface area contributed by atoms with Gasteiger partial charge < -0.3 is 10.3 Å². The molecule has 2 aromatic heterocycles. The zero-order chi connectivity index (χ0) is 13.7. The Morgan fingerprint density at radius 2 is 2.21 bits per heavy atom. The van der Waals surface area contributed by atoms with Crippen molar-refractivity contribution in [3.63, 3.8) is 0 Å². The second-order valence-electron chi connectivity index (χ2n) is 4.08. The van der Waals surface area contributed by atoms with E-state index < -0.39 is 10.0 Å². The Morgan fingerprint density at radius 3 is 2.89 bits per heavy atom. The Morgan fingerprint density at radius 1 is 1.37 bits per heavy atom. The van der Waals surface area contributed by atoms with Gasteiger partial charge in [0.2, 0.25) is 10.0 Å². The fraction of sp³-hybridized carbons (Fsp3) is 0.250. The van der Waals surface area contributed by atoms with Gasteiger partial charge in [0.25, 0.3) is 0 Å². The molecule has 6 nitrogen and oxygen atoms in total. The van der Waals surface area contributed by atoms with Crippen LogP contribution in [0.3, 0.4) is 0 Å². The van der Waals surface area contributed by atoms with E-state index in [1.165, 1.54) is 6.20 Å². The van der Waals surface area contributed by atoms with Crippen LogP contribution in [-0.2, 0) is 23.1 Å². The third-order valence-corrected chi connectivity index (χ3v) is 3.96. The van der Waals surface area contributed by atoms with Crippen molar-refractivity contribution >= 4 is 10.0 Å². The van der Waals surface area contributed by atoms with Crippen LogP contribution in [0.1, 0.15) is 11.3 Å². The van der Waals surface area contributed by atoms with E-state index in [0.29, 0.717) is 6.54 Å². The van der Waals surface area contributed by atoms with Gasteiger partial charge in [-0.2, -0.15) is 0 Å². The van der Waals surface area contributed by atoms with Crippen molar-refractivity contribution < 1.29 is 8.42 Å². The van der Waals surface area contributed by atoms with E-state index in [2.05, 4.69) is 20.0 Å². The standard InChI is InChI=1S/C12H16N4O2S/c1-13-8-11-5-12(9-15-11)19(17,18)16-7-10-3-2-4-14-6-10/h2-6,9,13,15-16H,7-8H2,1H3. The van der Waals surface area contributed by atoms with Crippen molar-refractivity contribution in [2.45, 2.75) is 18.0 Å². The Bertz CT molecular complexity index is 622. The van der Waals surface area contributed by atoms with Crippen LogP contribution >= 0.6 is 0 Å². The molecule has 0 bridgehead atoms. The summed E-state index contributed by atoms with van der Waals surface area (Å²) in [6.07, 6.45) is 4.76. The number of nitrogens with one attached hydrogen (secondary N) is 3. The average Bonchev–Trinajstić information content (AvgIpc) is 2.88. The highest BCUT2D eigenvalue weighted by atomic mass is 32.2. The summed E-state index contributed by atoms with van der Waals surface area (Å²) in [7, 11) is -1.69. The van der Waals surface area contributed by atoms with Crippen molar-refractivity contribution in [3.8, 4) is 0 Å². The van der Waals surface area contributed by atoms with Crippen molar-refractivity contribution in [1.29, 1.82) is 0 Å². The molecular weight excluding hydrogens is 264 g/mol. The number of H-pyrrole nitrogens is 1. The molecule has 0 amide bonds. The van der Waals surface area contributed by atoms with E-state index in [4.69, 9.17) is 0 Å². The molecule has 2 aromatic rings. The smallest absolute Gasteiger partial charge is 0.242 e. The molecule has 2 heterocycles. The number of aromatic amines is 1. The van der Waals surface area contributed by atoms with Crippen LogP contribution in [0.2, 0.25) is 0 Å². The molecule has 0 saturated carbocycles. The van der Waals surface area contributed by atoms with Crippen LogP contribution in [-0.4, -0.2) is 25.4 Å². The minimum absolute atomic E-state index is 0.225. The number of pyridine rings is 1. The summed E-state index contributed by atoms with van der Waals surface area (Å²) in [5.74, 6) is 0. The summed E-state index contributed by atoms with van der Waals surface area (Å²) in [4.78, 5) is 7.09. The highest BCUT2D eigenvalue weighted by Crippen LogP contribution is 2.11. The first kappa shape index (κ1) is 13.7. The van der Waals surface area contributed by atoms with Crippen molar-refractivity contribution in [1.82, 2.24) is 20.0 Å². The van der Waals surface area contributed by atoms with Crippen LogP contribution in [0.25, 0.3) is 0 Å². The number of rotatable bonds is 6. The molecule has 7 heteroatoms. The predicted molar refractivity (Wildman–Crippen MR) is 71.8 cm³/mol. The lowest BCUT2D eigenvalue weighted by atomic mass is 10.3. The Kier molecular flexibility index (Phi) is 4.31. The van der Waals surface area contributed by atoms with E-state index >= 15 is 0 Å². The molecule has 0 aliphatic carbocycles. The van der Waals surface area contributed by atoms with Gasteiger partial charge in [-0.15, -0.1) is 0 Å². The number of nitrogens with zero attached hydrogens (tertiary/aromatic N) is 1. The van der Waals surface area contributed by atoms with Crippen molar-refractivity contribution in [2.75, 3.05) is 7.05 Å². The second kappa shape index (κ2) is 5.96. The minimum atomic E-state index is -3.49. The van der Waals surface area contributed by atoms with Crippen LogP contribution in [0.4, 0.5) is 0 Å². The van der Waals surface area contributed by atoms with Crippen LogP contribution < -0.4 is 10.0 Å². The third kappa shape index (κ3) is 3.63. The van der Waals surface area contributed by atoms with Gasteiger partial charge in [0.15, 0.2) is 0 Å². The molecule has 0 aliphatic rings. The van der Waals surface area contributed by atoms with Gasteiger partial charge in [0.05, 0.1) is 4.90 Å². The van der Waals surface area contributed by atoms with Crippen LogP contribution in [0.5, 0.6) is 0 Å². The van der Waals surface area contributed by atoms with Crippen molar-refractivity contribution in [3.05, 3.63) is 48.0 Å². The first-order chi connectivity index (χ1) is 9.12. The molecule has 0 unspecified atom stereocenters. The Balaban J connectivity index is 2.05. The molecule has 0 radical (unpaired) electrons. The van der Waals surface area contributed by atoms with Gasteiger partial charge in [0, 0.05) is 37.4 Å². The normalized spacial score (nSPS) is 11.6. The van der Waals surface area contributed by atoms with E-state index in [1.54, 1.807) is 31.6 Å². The quantitative estimate of drug-likeness (QED) is 0.723. The lowest BCUT2D eigenvalue weighted by Gasteiger charge is -2.04. The number of aromatic nitrogens is 2. The first-order valence-electron chi connectivity index (χ1n) is 5.82. The van der Waals surface area contributed by atoms with Gasteiger partial charge in [0.1, 0.15) is 0 Å². The second-order valence-corrected chi connectivity index (χ2v) is 5.84. The molecule has 0 aliphatic heterocycles. The van der Waals surface area contributed by atoms with Gasteiger partial charge in [-0.05, 0) is 24.7 Å². The maximum absolute atomic E-state index is 12.1. The number of sulfonamides is 1. The summed E-state index contributed by atoms with van der Waals surface area (Å²) in [5, 5.41) is 2.95. The predicted octanol–water partition coefficient (Wildman–Crippen LogP) is 0.608. The van der Waals surface area contributed by atoms with E-state index in [1.807, 2.05) is 6.07 Å². The highest BCUT2D eigenvalue weighted by Gasteiger charge is 2.15. The Labute approximate surface area is 112 Å². The summed E-state index contributed by atoms with van der Waals surface area (Å²) in [5.41, 5.74) is 1.64. The Hall–Kier alpha value is -1.70. The minimum Gasteiger partial charge on any atom is -0.363 e. The van der Waals surface area contributed by atoms with Crippen molar-refractivity contribution in [2.24, 2.45) is 0 Å². The van der Waals surface area contributed by atoms with E-state index in [9.17, 15) is 8.42 Å². The monoisotopic (exact) mass is 280 g/mol. The van der Waals surface area contributed by atoms with Crippen LogP contribution in [0, 0.1) is 0 Å². The molecule has 0 fully saturated rings. The van der Waals surface area contributed by atoms with Gasteiger partial charge in [-0.25, -0.2) is 13.1 Å². The van der Waals surface area contributed by atoms with Gasteiger partial charge >= 0.3 is 0 Å². The first-order valence-corrected chi connectivity index (χ1v) is 7.30. The summed E-state index contributed by atoms with van der Waals surface area (Å²) < 4.78 is 26.6. The molecule has 0 aromatic carbocycles. The molecule has 0 atom stereocenters. The summed E-state index contributed by atoms with van der Waals surface area (Å²) in [6, 6.07) is 5.20. The molecule has 102 valence electrons. The zero-order valence-electron chi connectivity index (χ0n) is 10.6. The fourth-order valence-corrected chi connectivity index (χ4v) is 2.67. The number of hydrogen-bond acceptors (Lipinski definition) is 4. The van der Waals surface area contributed by atoms with Gasteiger partial charge in [-0.3, -0.25) is 4.98 Å². The molecular formula is C12H16N4O2S. The topological polar surface area (TPSA) is 86.9 Å². The fourth-order valence-electron chi connectivity index (χ4n) is 1.63. The molecule has 19 heavy (non-hydrogen) atoms. The third-order valence-electron chi connectivity index (χ3n) is 2.58. The van der Waals surface area contributed by atoms with E-state index in [-0.39, 0.29) is 11.4 Å². The molecule has 3 N–H and O–H groups in total. The highest BCUT2D eigenvalue weighted by molar-refractivity contribution is 7.89. The summed E-state index contributed by atoms with van der Waals surface area (Å²) in [6.45, 7) is 0.820. The molecule has 0 saturated heterocycles. The van der Waals surface area contributed by atoms with Crippen LogP contribution in [0.15, 0.2) is 41.7 Å². The summed E-state index contributed by atoms with van der Waals surface area (Å²) >= 11 is 0. The zero-order valence-corrected chi connectivity index (χ0v) is 11.4. The average molecular weight is 280 g/mol. The lowest BCUT2D eigenvalue weighted by molar-refractivity contribution is 0.581. The van der Waals surface area contributed by atoms with E-state index in [0.717, 1.165) is 11.3 Å².